The molecule has 0 aliphatic carbocycles. The molecular weight excluding hydrogens is 204 g/mol. The largest absolute Gasteiger partial charge is 0.402 e. The molecule has 6 heteroatoms. The Morgan fingerprint density at radius 2 is 2.06 bits per heavy atom. The summed E-state index contributed by atoms with van der Waals surface area (Å²) in [5, 5.41) is 11.2. The molecule has 0 spiro atoms. The van der Waals surface area contributed by atoms with E-state index in [2.05, 4.69) is 20.5 Å². The zero-order valence-corrected chi connectivity index (χ0v) is 9.97. The molecule has 0 unspecified atom stereocenters. The molecule has 1 rings (SSSR count). The second-order valence-corrected chi connectivity index (χ2v) is 3.71. The topological polar surface area (TPSA) is 82.0 Å². The van der Waals surface area contributed by atoms with Gasteiger partial charge in [-0.15, -0.1) is 5.10 Å². The first-order chi connectivity index (χ1) is 7.52. The summed E-state index contributed by atoms with van der Waals surface area (Å²) < 4.78 is 1.56. The predicted molar refractivity (Wildman–Crippen MR) is 63.5 cm³/mol. The number of nitrogens with two attached hydrogens (primary N) is 1. The van der Waals surface area contributed by atoms with Gasteiger partial charge < -0.3 is 5.73 Å². The maximum atomic E-state index is 5.77. The monoisotopic (exact) mass is 220 g/mol. The van der Waals surface area contributed by atoms with Gasteiger partial charge in [0.25, 0.3) is 0 Å². The summed E-state index contributed by atoms with van der Waals surface area (Å²) in [6, 6.07) is 0. The Hall–Kier alpha value is -1.98. The minimum atomic E-state index is 0.603. The Bertz CT molecular complexity index is 444. The van der Waals surface area contributed by atoms with Crippen LogP contribution in [0.4, 0.5) is 0 Å². The zero-order chi connectivity index (χ0) is 12.1. The normalized spacial score (nSPS) is 12.8. The van der Waals surface area contributed by atoms with E-state index in [0.717, 1.165) is 11.1 Å². The van der Waals surface area contributed by atoms with Gasteiger partial charge >= 0.3 is 0 Å². The van der Waals surface area contributed by atoms with Gasteiger partial charge in [-0.05, 0) is 31.2 Å². The van der Waals surface area contributed by atoms with E-state index in [0.29, 0.717) is 11.5 Å². The molecule has 1 aromatic rings. The molecule has 2 N–H and O–H groups in total. The molecule has 0 aliphatic heterocycles. The fraction of sp³-hybridized carbons (Fsp3) is 0.400. The van der Waals surface area contributed by atoms with E-state index in [-0.39, 0.29) is 0 Å². The molecule has 0 aromatic carbocycles. The van der Waals surface area contributed by atoms with Gasteiger partial charge in [-0.2, -0.15) is 0 Å². The SMILES string of the molecule is CC(C)=C/N=C\C(=C(\C)N)c1nnnn1C. The number of aliphatic imine (C=N–C) groups is 1. The first-order valence-electron chi connectivity index (χ1n) is 4.88. The quantitative estimate of drug-likeness (QED) is 0.767. The van der Waals surface area contributed by atoms with Crippen molar-refractivity contribution in [1.82, 2.24) is 20.2 Å². The van der Waals surface area contributed by atoms with E-state index < -0.39 is 0 Å². The van der Waals surface area contributed by atoms with Crippen LogP contribution in [-0.2, 0) is 7.05 Å². The van der Waals surface area contributed by atoms with Crippen molar-refractivity contribution in [1.29, 1.82) is 0 Å². The van der Waals surface area contributed by atoms with Gasteiger partial charge in [0.2, 0.25) is 0 Å². The number of hydrogen-bond acceptors (Lipinski definition) is 5. The Kier molecular flexibility index (Phi) is 3.93. The van der Waals surface area contributed by atoms with E-state index in [4.69, 9.17) is 5.73 Å². The molecule has 0 fully saturated rings. The maximum absolute atomic E-state index is 5.77. The van der Waals surface area contributed by atoms with Crippen molar-refractivity contribution >= 4 is 11.8 Å². The average molecular weight is 220 g/mol. The number of rotatable bonds is 3. The number of tetrazole rings is 1. The molecule has 86 valence electrons. The molecule has 6 nitrogen and oxygen atoms in total. The van der Waals surface area contributed by atoms with Gasteiger partial charge in [-0.25, -0.2) is 4.68 Å². The summed E-state index contributed by atoms with van der Waals surface area (Å²) in [6.45, 7) is 5.73. The van der Waals surface area contributed by atoms with Crippen LogP contribution in [-0.4, -0.2) is 26.4 Å². The highest BCUT2D eigenvalue weighted by molar-refractivity contribution is 6.09. The fourth-order valence-electron chi connectivity index (χ4n) is 1.05. The van der Waals surface area contributed by atoms with Gasteiger partial charge in [0.1, 0.15) is 0 Å². The van der Waals surface area contributed by atoms with Crippen LogP contribution in [0.25, 0.3) is 5.57 Å². The molecule has 1 aromatic heterocycles. The van der Waals surface area contributed by atoms with E-state index in [9.17, 15) is 0 Å². The third kappa shape index (κ3) is 3.01. The molecule has 0 saturated heterocycles. The van der Waals surface area contributed by atoms with Gasteiger partial charge in [0.15, 0.2) is 5.82 Å². The van der Waals surface area contributed by atoms with E-state index in [1.807, 2.05) is 13.8 Å². The highest BCUT2D eigenvalue weighted by Gasteiger charge is 2.08. The number of allylic oxidation sites excluding steroid dienone is 3. The van der Waals surface area contributed by atoms with Crippen molar-refractivity contribution < 1.29 is 0 Å². The highest BCUT2D eigenvalue weighted by Crippen LogP contribution is 2.09. The van der Waals surface area contributed by atoms with Gasteiger partial charge in [-0.3, -0.25) is 4.99 Å². The molecule has 0 atom stereocenters. The zero-order valence-electron chi connectivity index (χ0n) is 9.97. The van der Waals surface area contributed by atoms with Crippen molar-refractivity contribution in [3.05, 3.63) is 23.3 Å². The number of hydrogen-bond donors (Lipinski definition) is 1. The third-order valence-electron chi connectivity index (χ3n) is 1.82. The summed E-state index contributed by atoms with van der Waals surface area (Å²) in [7, 11) is 1.76. The average Bonchev–Trinajstić information content (AvgIpc) is 2.58. The fourth-order valence-corrected chi connectivity index (χ4v) is 1.05. The first-order valence-corrected chi connectivity index (χ1v) is 4.88. The molecule has 0 saturated carbocycles. The van der Waals surface area contributed by atoms with Crippen LogP contribution < -0.4 is 5.73 Å². The Morgan fingerprint density at radius 3 is 2.50 bits per heavy atom. The summed E-state index contributed by atoms with van der Waals surface area (Å²) in [6.07, 6.45) is 3.42. The number of nitrogens with zero attached hydrogens (tertiary/aromatic N) is 5. The Labute approximate surface area is 94.6 Å². The van der Waals surface area contributed by atoms with E-state index in [1.165, 1.54) is 0 Å². The van der Waals surface area contributed by atoms with Crippen LogP contribution in [0.15, 0.2) is 22.5 Å². The lowest BCUT2D eigenvalue weighted by Crippen LogP contribution is -2.05. The van der Waals surface area contributed by atoms with Crippen molar-refractivity contribution in [2.75, 3.05) is 0 Å². The summed E-state index contributed by atoms with van der Waals surface area (Å²) in [4.78, 5) is 4.16. The predicted octanol–water partition coefficient (Wildman–Crippen LogP) is 0.894. The lowest BCUT2D eigenvalue weighted by Gasteiger charge is -2.01. The minimum absolute atomic E-state index is 0.603. The minimum Gasteiger partial charge on any atom is -0.402 e. The van der Waals surface area contributed by atoms with Crippen LogP contribution in [0.3, 0.4) is 0 Å². The van der Waals surface area contributed by atoms with Crippen LogP contribution in [0, 0.1) is 0 Å². The van der Waals surface area contributed by atoms with E-state index >= 15 is 0 Å². The molecule has 1 heterocycles. The lowest BCUT2D eigenvalue weighted by atomic mass is 10.2. The van der Waals surface area contributed by atoms with Crippen molar-refractivity contribution in [2.45, 2.75) is 20.8 Å². The lowest BCUT2D eigenvalue weighted by molar-refractivity contribution is 0.705. The molecule has 0 bridgehead atoms. The standard InChI is InChI=1S/C10H16N6/c1-7(2)5-12-6-9(8(3)11)10-13-14-15-16(10)4/h5-6H,11H2,1-4H3/b9-8+,12-6-. The number of aromatic nitrogens is 4. The summed E-state index contributed by atoms with van der Waals surface area (Å²) in [5.74, 6) is 0.603. The Balaban J connectivity index is 3.05. The van der Waals surface area contributed by atoms with Crippen molar-refractivity contribution in [3.63, 3.8) is 0 Å². The van der Waals surface area contributed by atoms with Crippen LogP contribution in [0.2, 0.25) is 0 Å². The summed E-state index contributed by atoms with van der Waals surface area (Å²) in [5.41, 5.74) is 8.24. The van der Waals surface area contributed by atoms with Gasteiger partial charge in [0.05, 0.1) is 5.57 Å². The molecular formula is C10H16N6. The van der Waals surface area contributed by atoms with Crippen molar-refractivity contribution in [2.24, 2.45) is 17.8 Å². The highest BCUT2D eigenvalue weighted by atomic mass is 15.5. The number of aryl methyl sites for hydroxylation is 1. The third-order valence-corrected chi connectivity index (χ3v) is 1.82. The van der Waals surface area contributed by atoms with Crippen LogP contribution >= 0.6 is 0 Å². The second-order valence-electron chi connectivity index (χ2n) is 3.71. The maximum Gasteiger partial charge on any atom is 0.185 e. The van der Waals surface area contributed by atoms with Crippen molar-refractivity contribution in [3.8, 4) is 0 Å². The molecule has 0 aliphatic rings. The molecule has 16 heavy (non-hydrogen) atoms. The smallest absolute Gasteiger partial charge is 0.185 e. The van der Waals surface area contributed by atoms with Gasteiger partial charge in [-0.1, -0.05) is 5.57 Å². The Morgan fingerprint density at radius 1 is 1.38 bits per heavy atom. The summed E-state index contributed by atoms with van der Waals surface area (Å²) >= 11 is 0. The molecule has 0 radical (unpaired) electrons. The van der Waals surface area contributed by atoms with Gasteiger partial charge in [0, 0.05) is 25.2 Å². The first kappa shape index (κ1) is 12.1. The van der Waals surface area contributed by atoms with E-state index in [1.54, 1.807) is 31.1 Å². The molecule has 0 amide bonds. The van der Waals surface area contributed by atoms with Crippen LogP contribution in [0.5, 0.6) is 0 Å². The second kappa shape index (κ2) is 5.20. The van der Waals surface area contributed by atoms with Crippen LogP contribution in [0.1, 0.15) is 26.6 Å².